The van der Waals surface area contributed by atoms with Gasteiger partial charge < -0.3 is 10.2 Å². The van der Waals surface area contributed by atoms with E-state index in [1.807, 2.05) is 11.0 Å². The summed E-state index contributed by atoms with van der Waals surface area (Å²) in [7, 11) is 0. The Bertz CT molecular complexity index is 468. The summed E-state index contributed by atoms with van der Waals surface area (Å²) in [5.41, 5.74) is 2.27. The molecule has 1 aliphatic rings. The second kappa shape index (κ2) is 7.11. The Morgan fingerprint density at radius 3 is 2.75 bits per heavy atom. The highest BCUT2D eigenvalue weighted by molar-refractivity contribution is 9.10. The Kier molecular flexibility index (Phi) is 5.46. The average molecular weight is 339 g/mol. The van der Waals surface area contributed by atoms with Gasteiger partial charge in [-0.2, -0.15) is 0 Å². The molecule has 0 atom stereocenters. The maximum Gasteiger partial charge on any atom is 0.224 e. The summed E-state index contributed by atoms with van der Waals surface area (Å²) < 4.78 is 1.05. The highest BCUT2D eigenvalue weighted by Crippen LogP contribution is 2.23. The lowest BCUT2D eigenvalue weighted by molar-refractivity contribution is -0.132. The van der Waals surface area contributed by atoms with Crippen molar-refractivity contribution in [3.05, 3.63) is 28.2 Å². The van der Waals surface area contributed by atoms with E-state index in [-0.39, 0.29) is 5.91 Å². The summed E-state index contributed by atoms with van der Waals surface area (Å²) >= 11 is 3.54. The molecule has 20 heavy (non-hydrogen) atoms. The van der Waals surface area contributed by atoms with Gasteiger partial charge in [0.2, 0.25) is 5.91 Å². The topological polar surface area (TPSA) is 32.3 Å². The zero-order valence-electron chi connectivity index (χ0n) is 12.3. The summed E-state index contributed by atoms with van der Waals surface area (Å²) in [6, 6.07) is 6.20. The van der Waals surface area contributed by atoms with Gasteiger partial charge in [0.25, 0.3) is 0 Å². The maximum atomic E-state index is 12.1. The minimum Gasteiger partial charge on any atom is -0.384 e. The fraction of sp³-hybridized carbons (Fsp3) is 0.562. The molecule has 0 radical (unpaired) electrons. The number of benzene rings is 1. The van der Waals surface area contributed by atoms with Crippen LogP contribution in [0, 0.1) is 12.8 Å². The predicted molar refractivity (Wildman–Crippen MR) is 87.0 cm³/mol. The van der Waals surface area contributed by atoms with Gasteiger partial charge in [0.1, 0.15) is 0 Å². The molecule has 0 saturated carbocycles. The van der Waals surface area contributed by atoms with E-state index in [9.17, 15) is 4.79 Å². The standard InChI is InChI=1S/C16H23BrN2O/c1-12-6-9-19(10-7-12)16(20)5-8-18-15-4-3-13(2)11-14(15)17/h3-4,11-12,18H,5-10H2,1-2H3. The average Bonchev–Trinajstić information content (AvgIpc) is 2.42. The molecule has 110 valence electrons. The molecular formula is C16H23BrN2O. The molecule has 0 spiro atoms. The lowest BCUT2D eigenvalue weighted by Gasteiger charge is -2.30. The van der Waals surface area contributed by atoms with Crippen molar-refractivity contribution >= 4 is 27.5 Å². The molecule has 1 saturated heterocycles. The van der Waals surface area contributed by atoms with Crippen LogP contribution in [0.5, 0.6) is 0 Å². The number of nitrogens with zero attached hydrogens (tertiary/aromatic N) is 1. The van der Waals surface area contributed by atoms with Gasteiger partial charge >= 0.3 is 0 Å². The van der Waals surface area contributed by atoms with Crippen molar-refractivity contribution in [2.45, 2.75) is 33.1 Å². The minimum absolute atomic E-state index is 0.271. The molecule has 1 amide bonds. The molecule has 3 nitrogen and oxygen atoms in total. The molecule has 4 heteroatoms. The van der Waals surface area contributed by atoms with Crippen LogP contribution in [-0.4, -0.2) is 30.4 Å². The van der Waals surface area contributed by atoms with Gasteiger partial charge in [-0.25, -0.2) is 0 Å². The highest BCUT2D eigenvalue weighted by Gasteiger charge is 2.19. The van der Waals surface area contributed by atoms with E-state index in [0.29, 0.717) is 13.0 Å². The van der Waals surface area contributed by atoms with Gasteiger partial charge in [-0.15, -0.1) is 0 Å². The Labute approximate surface area is 129 Å². The van der Waals surface area contributed by atoms with Crippen LogP contribution in [-0.2, 0) is 4.79 Å². The number of hydrogen-bond donors (Lipinski definition) is 1. The van der Waals surface area contributed by atoms with Crippen LogP contribution in [0.4, 0.5) is 5.69 Å². The second-order valence-electron chi connectivity index (χ2n) is 5.72. The molecule has 0 bridgehead atoms. The van der Waals surface area contributed by atoms with Crippen molar-refractivity contribution in [2.75, 3.05) is 25.0 Å². The van der Waals surface area contributed by atoms with Gasteiger partial charge in [-0.05, 0) is 59.3 Å². The summed E-state index contributed by atoms with van der Waals surface area (Å²) in [6.45, 7) is 6.86. The van der Waals surface area contributed by atoms with Crippen molar-refractivity contribution in [3.63, 3.8) is 0 Å². The lowest BCUT2D eigenvalue weighted by atomic mass is 9.99. The Hall–Kier alpha value is -1.03. The molecule has 2 rings (SSSR count). The van der Waals surface area contributed by atoms with Gasteiger partial charge in [0.05, 0.1) is 0 Å². The first-order chi connectivity index (χ1) is 9.56. The summed E-state index contributed by atoms with van der Waals surface area (Å²) in [5.74, 6) is 1.04. The van der Waals surface area contributed by atoms with Crippen LogP contribution in [0.15, 0.2) is 22.7 Å². The third-order valence-corrected chi connectivity index (χ3v) is 4.57. The predicted octanol–water partition coefficient (Wildman–Crippen LogP) is 3.82. The maximum absolute atomic E-state index is 12.1. The first kappa shape index (κ1) is 15.4. The Morgan fingerprint density at radius 1 is 1.40 bits per heavy atom. The van der Waals surface area contributed by atoms with E-state index >= 15 is 0 Å². The number of hydrogen-bond acceptors (Lipinski definition) is 2. The van der Waals surface area contributed by atoms with E-state index in [2.05, 4.69) is 47.2 Å². The number of halogens is 1. The molecule has 1 aromatic rings. The van der Waals surface area contributed by atoms with E-state index in [0.717, 1.165) is 42.0 Å². The van der Waals surface area contributed by atoms with E-state index in [1.165, 1.54) is 5.56 Å². The molecule has 0 aromatic heterocycles. The molecule has 1 aromatic carbocycles. The lowest BCUT2D eigenvalue weighted by Crippen LogP contribution is -2.38. The number of amides is 1. The number of carbonyl (C=O) groups excluding carboxylic acids is 1. The Morgan fingerprint density at radius 2 is 2.10 bits per heavy atom. The summed E-state index contributed by atoms with van der Waals surface area (Å²) in [4.78, 5) is 14.1. The fourth-order valence-corrected chi connectivity index (χ4v) is 3.12. The minimum atomic E-state index is 0.271. The molecule has 1 aliphatic heterocycles. The number of piperidine rings is 1. The van der Waals surface area contributed by atoms with Crippen LogP contribution >= 0.6 is 15.9 Å². The zero-order chi connectivity index (χ0) is 14.5. The largest absolute Gasteiger partial charge is 0.384 e. The number of likely N-dealkylation sites (tertiary alicyclic amines) is 1. The second-order valence-corrected chi connectivity index (χ2v) is 6.58. The first-order valence-corrected chi connectivity index (χ1v) is 8.13. The van der Waals surface area contributed by atoms with Crippen molar-refractivity contribution in [1.82, 2.24) is 4.90 Å². The van der Waals surface area contributed by atoms with Crippen LogP contribution < -0.4 is 5.32 Å². The zero-order valence-corrected chi connectivity index (χ0v) is 13.9. The number of carbonyl (C=O) groups is 1. The van der Waals surface area contributed by atoms with Crippen LogP contribution in [0.25, 0.3) is 0 Å². The van der Waals surface area contributed by atoms with Crippen molar-refractivity contribution in [2.24, 2.45) is 5.92 Å². The molecule has 1 heterocycles. The van der Waals surface area contributed by atoms with Crippen molar-refractivity contribution in [1.29, 1.82) is 0 Å². The van der Waals surface area contributed by atoms with Gasteiger partial charge in [0, 0.05) is 36.2 Å². The summed E-state index contributed by atoms with van der Waals surface area (Å²) in [5, 5.41) is 3.32. The third-order valence-electron chi connectivity index (χ3n) is 3.92. The monoisotopic (exact) mass is 338 g/mol. The third kappa shape index (κ3) is 4.23. The van der Waals surface area contributed by atoms with Gasteiger partial charge in [0.15, 0.2) is 0 Å². The van der Waals surface area contributed by atoms with Gasteiger partial charge in [-0.3, -0.25) is 4.79 Å². The molecule has 1 N–H and O–H groups in total. The van der Waals surface area contributed by atoms with Gasteiger partial charge in [-0.1, -0.05) is 13.0 Å². The van der Waals surface area contributed by atoms with Crippen molar-refractivity contribution in [3.8, 4) is 0 Å². The van der Waals surface area contributed by atoms with E-state index in [4.69, 9.17) is 0 Å². The summed E-state index contributed by atoms with van der Waals surface area (Å²) in [6.07, 6.45) is 2.85. The Balaban J connectivity index is 1.76. The quantitative estimate of drug-likeness (QED) is 0.905. The fourth-order valence-electron chi connectivity index (χ4n) is 2.48. The van der Waals surface area contributed by atoms with Crippen molar-refractivity contribution < 1.29 is 4.79 Å². The van der Waals surface area contributed by atoms with Crippen LogP contribution in [0.1, 0.15) is 31.7 Å². The number of rotatable bonds is 4. The highest BCUT2D eigenvalue weighted by atomic mass is 79.9. The first-order valence-electron chi connectivity index (χ1n) is 7.34. The molecule has 0 aliphatic carbocycles. The number of nitrogens with one attached hydrogen (secondary N) is 1. The van der Waals surface area contributed by atoms with E-state index in [1.54, 1.807) is 0 Å². The van der Waals surface area contributed by atoms with E-state index < -0.39 is 0 Å². The van der Waals surface area contributed by atoms with Crippen LogP contribution in [0.3, 0.4) is 0 Å². The number of anilines is 1. The molecule has 1 fully saturated rings. The molecule has 0 unspecified atom stereocenters. The smallest absolute Gasteiger partial charge is 0.224 e. The normalized spacial score (nSPS) is 16.2. The van der Waals surface area contributed by atoms with Crippen LogP contribution in [0.2, 0.25) is 0 Å². The molecular weight excluding hydrogens is 316 g/mol. The SMILES string of the molecule is Cc1ccc(NCCC(=O)N2CCC(C)CC2)c(Br)c1. The number of aryl methyl sites for hydroxylation is 1.